The Bertz CT molecular complexity index is 175. The Morgan fingerprint density at radius 3 is 1.83 bits per heavy atom. The number of rotatable bonds is 0. The summed E-state index contributed by atoms with van der Waals surface area (Å²) < 4.78 is 0. The van der Waals surface area contributed by atoms with Gasteiger partial charge >= 0.3 is 0 Å². The smallest absolute Gasteiger partial charge is 0.0540 e. The van der Waals surface area contributed by atoms with Crippen LogP contribution in [0.15, 0.2) is 11.1 Å². The number of aliphatic hydroxyl groups excluding tert-OH is 1. The third-order valence-corrected chi connectivity index (χ3v) is 3.03. The topological polar surface area (TPSA) is 20.2 Å². The van der Waals surface area contributed by atoms with Crippen LogP contribution in [0.3, 0.4) is 0 Å². The molecule has 0 bridgehead atoms. The highest BCUT2D eigenvalue weighted by atomic mass is 16.3. The molecule has 0 amide bonds. The molecule has 0 unspecified atom stereocenters. The molecule has 2 rings (SSSR count). The van der Waals surface area contributed by atoms with E-state index < -0.39 is 0 Å². The lowest BCUT2D eigenvalue weighted by atomic mass is 9.94. The molecule has 2 aliphatic carbocycles. The zero-order chi connectivity index (χ0) is 8.39. The van der Waals surface area contributed by atoms with Gasteiger partial charge in [-0.3, -0.25) is 0 Å². The molecule has 1 heteroatoms. The first-order valence-electron chi connectivity index (χ1n) is 5.24. The maximum atomic E-state index is 9.44. The predicted molar refractivity (Wildman–Crippen MR) is 50.0 cm³/mol. The van der Waals surface area contributed by atoms with Gasteiger partial charge in [0, 0.05) is 0 Å². The highest BCUT2D eigenvalue weighted by Crippen LogP contribution is 2.37. The summed E-state index contributed by atoms with van der Waals surface area (Å²) in [6.07, 6.45) is 9.75. The summed E-state index contributed by atoms with van der Waals surface area (Å²) in [5.74, 6) is 0. The number of aliphatic hydroxyl groups is 1. The zero-order valence-electron chi connectivity index (χ0n) is 7.68. The van der Waals surface area contributed by atoms with Crippen molar-refractivity contribution in [1.82, 2.24) is 0 Å². The number of allylic oxidation sites excluding steroid dienone is 2. The minimum absolute atomic E-state index is 0.00393. The van der Waals surface area contributed by atoms with Gasteiger partial charge in [-0.15, -0.1) is 0 Å². The van der Waals surface area contributed by atoms with E-state index in [1.807, 2.05) is 0 Å². The Kier molecular flexibility index (Phi) is 2.50. The lowest BCUT2D eigenvalue weighted by molar-refractivity contribution is 0.146. The molecule has 2 saturated carbocycles. The van der Waals surface area contributed by atoms with Crippen molar-refractivity contribution >= 4 is 0 Å². The Balaban J connectivity index is 1.90. The van der Waals surface area contributed by atoms with Crippen LogP contribution in [0.4, 0.5) is 0 Å². The molecule has 68 valence electrons. The van der Waals surface area contributed by atoms with Crippen LogP contribution in [0.1, 0.15) is 51.4 Å². The summed E-state index contributed by atoms with van der Waals surface area (Å²) in [5, 5.41) is 9.44. The molecule has 0 aromatic carbocycles. The number of hydrogen-bond acceptors (Lipinski definition) is 1. The average Bonchev–Trinajstić information content (AvgIpc) is 2.79. The van der Waals surface area contributed by atoms with Gasteiger partial charge in [-0.2, -0.15) is 0 Å². The Morgan fingerprint density at radius 2 is 1.33 bits per heavy atom. The summed E-state index contributed by atoms with van der Waals surface area (Å²) in [5.41, 5.74) is 3.48. The second-order valence-corrected chi connectivity index (χ2v) is 4.15. The van der Waals surface area contributed by atoms with Crippen LogP contribution in [0, 0.1) is 0 Å². The van der Waals surface area contributed by atoms with E-state index in [9.17, 15) is 5.11 Å². The second kappa shape index (κ2) is 3.61. The van der Waals surface area contributed by atoms with E-state index in [-0.39, 0.29) is 6.10 Å². The van der Waals surface area contributed by atoms with Crippen LogP contribution in [-0.2, 0) is 0 Å². The largest absolute Gasteiger partial charge is 0.393 e. The van der Waals surface area contributed by atoms with E-state index in [1.165, 1.54) is 38.5 Å². The fourth-order valence-corrected chi connectivity index (χ4v) is 2.14. The quantitative estimate of drug-likeness (QED) is 0.549. The molecule has 2 fully saturated rings. The molecule has 2 aliphatic rings. The zero-order valence-corrected chi connectivity index (χ0v) is 7.68. The van der Waals surface area contributed by atoms with Gasteiger partial charge in [0.2, 0.25) is 0 Å². The molecule has 0 aliphatic heterocycles. The van der Waals surface area contributed by atoms with Crippen molar-refractivity contribution in [3.05, 3.63) is 11.1 Å². The molecule has 0 radical (unpaired) electrons. The van der Waals surface area contributed by atoms with E-state index in [0.717, 1.165) is 12.8 Å². The average molecular weight is 166 g/mol. The molecule has 0 atom stereocenters. The van der Waals surface area contributed by atoms with Gasteiger partial charge in [0.25, 0.3) is 0 Å². The molecule has 0 aromatic rings. The van der Waals surface area contributed by atoms with E-state index in [1.54, 1.807) is 11.1 Å². The Hall–Kier alpha value is -0.300. The molecule has 0 heterocycles. The van der Waals surface area contributed by atoms with Crippen LogP contribution in [0.2, 0.25) is 0 Å². The van der Waals surface area contributed by atoms with Gasteiger partial charge in [0.15, 0.2) is 0 Å². The van der Waals surface area contributed by atoms with Crippen molar-refractivity contribution in [3.8, 4) is 0 Å². The maximum Gasteiger partial charge on any atom is 0.0540 e. The predicted octanol–water partition coefficient (Wildman–Crippen LogP) is 2.79. The summed E-state index contributed by atoms with van der Waals surface area (Å²) >= 11 is 0. The first-order valence-corrected chi connectivity index (χ1v) is 5.24. The maximum absolute atomic E-state index is 9.44. The first-order chi connectivity index (χ1) is 5.86. The molecular weight excluding hydrogens is 148 g/mol. The minimum atomic E-state index is -0.00393. The summed E-state index contributed by atoms with van der Waals surface area (Å²) in [6.45, 7) is 0. The van der Waals surface area contributed by atoms with Gasteiger partial charge in [-0.05, 0) is 51.4 Å². The third kappa shape index (κ3) is 2.10. The molecule has 0 saturated heterocycles. The molecule has 0 aromatic heterocycles. The molecule has 1 nitrogen and oxygen atoms in total. The molecule has 1 N–H and O–H groups in total. The highest BCUT2D eigenvalue weighted by Gasteiger charge is 2.19. The molecule has 12 heavy (non-hydrogen) atoms. The van der Waals surface area contributed by atoms with Crippen molar-refractivity contribution in [2.24, 2.45) is 0 Å². The lowest BCUT2D eigenvalue weighted by Gasteiger charge is -2.16. The molecule has 0 spiro atoms. The van der Waals surface area contributed by atoms with E-state index in [0.29, 0.717) is 0 Å². The SMILES string of the molecule is OC1CCCC(=C2CC2)CCC1. The monoisotopic (exact) mass is 166 g/mol. The van der Waals surface area contributed by atoms with Gasteiger partial charge in [-0.25, -0.2) is 0 Å². The van der Waals surface area contributed by atoms with E-state index in [4.69, 9.17) is 0 Å². The minimum Gasteiger partial charge on any atom is -0.393 e. The first kappa shape index (κ1) is 8.31. The van der Waals surface area contributed by atoms with Crippen LogP contribution < -0.4 is 0 Å². The molecular formula is C11H18O. The van der Waals surface area contributed by atoms with Crippen LogP contribution in [0.5, 0.6) is 0 Å². The second-order valence-electron chi connectivity index (χ2n) is 4.15. The van der Waals surface area contributed by atoms with Gasteiger partial charge in [0.05, 0.1) is 6.10 Å². The van der Waals surface area contributed by atoms with Crippen LogP contribution in [0.25, 0.3) is 0 Å². The fraction of sp³-hybridized carbons (Fsp3) is 0.818. The summed E-state index contributed by atoms with van der Waals surface area (Å²) in [6, 6.07) is 0. The standard InChI is InChI=1S/C11H18O/c12-11-5-1-3-9(4-2-6-11)10-7-8-10/h11-12H,1-8H2. The van der Waals surface area contributed by atoms with Crippen molar-refractivity contribution in [3.63, 3.8) is 0 Å². The van der Waals surface area contributed by atoms with E-state index >= 15 is 0 Å². The van der Waals surface area contributed by atoms with Crippen molar-refractivity contribution in [2.45, 2.75) is 57.5 Å². The van der Waals surface area contributed by atoms with Gasteiger partial charge < -0.3 is 5.11 Å². The van der Waals surface area contributed by atoms with E-state index in [2.05, 4.69) is 0 Å². The normalized spacial score (nSPS) is 31.2. The van der Waals surface area contributed by atoms with Crippen molar-refractivity contribution in [1.29, 1.82) is 0 Å². The fourth-order valence-electron chi connectivity index (χ4n) is 2.14. The highest BCUT2D eigenvalue weighted by molar-refractivity contribution is 5.25. The lowest BCUT2D eigenvalue weighted by Crippen LogP contribution is -2.08. The number of hydrogen-bond donors (Lipinski definition) is 1. The van der Waals surface area contributed by atoms with Crippen LogP contribution >= 0.6 is 0 Å². The van der Waals surface area contributed by atoms with Gasteiger partial charge in [-0.1, -0.05) is 11.1 Å². The third-order valence-electron chi connectivity index (χ3n) is 3.03. The van der Waals surface area contributed by atoms with Crippen LogP contribution in [-0.4, -0.2) is 11.2 Å². The van der Waals surface area contributed by atoms with Gasteiger partial charge in [0.1, 0.15) is 0 Å². The Labute approximate surface area is 74.5 Å². The van der Waals surface area contributed by atoms with Crippen molar-refractivity contribution < 1.29 is 5.11 Å². The summed E-state index contributed by atoms with van der Waals surface area (Å²) in [4.78, 5) is 0. The Morgan fingerprint density at radius 1 is 0.833 bits per heavy atom. The summed E-state index contributed by atoms with van der Waals surface area (Å²) in [7, 11) is 0. The van der Waals surface area contributed by atoms with Crippen molar-refractivity contribution in [2.75, 3.05) is 0 Å².